The maximum absolute atomic E-state index is 12.7. The molecule has 3 rings (SSSR count). The fraction of sp³-hybridized carbons (Fsp3) is 0.619. The number of carbonyl (C=O) groups excluding carboxylic acids is 2. The van der Waals surface area contributed by atoms with E-state index in [0.717, 1.165) is 31.2 Å². The maximum atomic E-state index is 12.7. The van der Waals surface area contributed by atoms with Gasteiger partial charge >= 0.3 is 0 Å². The molecular formula is C21H30N2O3. The van der Waals surface area contributed by atoms with Crippen molar-refractivity contribution in [1.82, 2.24) is 10.2 Å². The molecule has 1 saturated heterocycles. The Kier molecular flexibility index (Phi) is 6.30. The van der Waals surface area contributed by atoms with Gasteiger partial charge in [-0.3, -0.25) is 9.59 Å². The molecule has 1 aliphatic carbocycles. The Balaban J connectivity index is 1.53. The minimum absolute atomic E-state index is 0.0461. The molecule has 1 aromatic carbocycles. The lowest BCUT2D eigenvalue weighted by Crippen LogP contribution is -2.48. The van der Waals surface area contributed by atoms with Gasteiger partial charge in [-0.2, -0.15) is 0 Å². The zero-order chi connectivity index (χ0) is 18.5. The minimum atomic E-state index is 0.0461. The molecule has 2 atom stereocenters. The molecule has 26 heavy (non-hydrogen) atoms. The molecule has 1 saturated carbocycles. The minimum Gasteiger partial charge on any atom is -0.372 e. The highest BCUT2D eigenvalue weighted by molar-refractivity contribution is 5.94. The molecule has 2 amide bonds. The van der Waals surface area contributed by atoms with Crippen molar-refractivity contribution in [1.29, 1.82) is 0 Å². The smallest absolute Gasteiger partial charge is 0.254 e. The van der Waals surface area contributed by atoms with Crippen molar-refractivity contribution >= 4 is 11.8 Å². The highest BCUT2D eigenvalue weighted by atomic mass is 16.5. The quantitative estimate of drug-likeness (QED) is 0.900. The van der Waals surface area contributed by atoms with Crippen molar-refractivity contribution in [3.05, 3.63) is 35.4 Å². The van der Waals surface area contributed by atoms with Gasteiger partial charge in [-0.1, -0.05) is 31.4 Å². The third-order valence-corrected chi connectivity index (χ3v) is 5.35. The number of morpholine rings is 1. The van der Waals surface area contributed by atoms with E-state index in [1.54, 1.807) is 0 Å². The molecule has 1 N–H and O–H groups in total. The van der Waals surface area contributed by atoms with E-state index in [1.807, 2.05) is 43.0 Å². The van der Waals surface area contributed by atoms with Crippen molar-refractivity contribution in [3.63, 3.8) is 0 Å². The number of rotatable bonds is 4. The molecule has 0 aromatic heterocycles. The summed E-state index contributed by atoms with van der Waals surface area (Å²) in [5, 5.41) is 3.04. The molecule has 2 aliphatic rings. The van der Waals surface area contributed by atoms with E-state index in [0.29, 0.717) is 25.2 Å². The Morgan fingerprint density at radius 2 is 1.65 bits per heavy atom. The van der Waals surface area contributed by atoms with Gasteiger partial charge in [0.1, 0.15) is 0 Å². The van der Waals surface area contributed by atoms with E-state index in [1.165, 1.54) is 6.42 Å². The zero-order valence-electron chi connectivity index (χ0n) is 15.9. The van der Waals surface area contributed by atoms with Crippen LogP contribution in [0.2, 0.25) is 0 Å². The summed E-state index contributed by atoms with van der Waals surface area (Å²) in [6.45, 7) is 5.77. The fourth-order valence-corrected chi connectivity index (χ4v) is 3.99. The van der Waals surface area contributed by atoms with Crippen LogP contribution in [-0.4, -0.2) is 42.0 Å². The summed E-state index contributed by atoms with van der Waals surface area (Å²) >= 11 is 0. The predicted octanol–water partition coefficient (Wildman–Crippen LogP) is 3.13. The number of nitrogens with zero attached hydrogens (tertiary/aromatic N) is 1. The van der Waals surface area contributed by atoms with Crippen LogP contribution in [0.3, 0.4) is 0 Å². The third kappa shape index (κ3) is 4.85. The second-order valence-corrected chi connectivity index (χ2v) is 7.72. The number of amides is 2. The van der Waals surface area contributed by atoms with Crippen LogP contribution in [0.1, 0.15) is 61.9 Å². The van der Waals surface area contributed by atoms with Crippen LogP contribution in [-0.2, 0) is 16.1 Å². The Morgan fingerprint density at radius 1 is 1.04 bits per heavy atom. The van der Waals surface area contributed by atoms with Gasteiger partial charge in [0.2, 0.25) is 5.91 Å². The first-order chi connectivity index (χ1) is 12.5. The fourth-order valence-electron chi connectivity index (χ4n) is 3.99. The zero-order valence-corrected chi connectivity index (χ0v) is 15.9. The van der Waals surface area contributed by atoms with E-state index in [9.17, 15) is 9.59 Å². The van der Waals surface area contributed by atoms with Crippen LogP contribution in [0.5, 0.6) is 0 Å². The Hall–Kier alpha value is -1.88. The van der Waals surface area contributed by atoms with Crippen LogP contribution >= 0.6 is 0 Å². The first-order valence-corrected chi connectivity index (χ1v) is 9.84. The summed E-state index contributed by atoms with van der Waals surface area (Å²) in [4.78, 5) is 26.8. The van der Waals surface area contributed by atoms with E-state index in [-0.39, 0.29) is 29.9 Å². The highest BCUT2D eigenvalue weighted by Crippen LogP contribution is 2.23. The maximum Gasteiger partial charge on any atom is 0.254 e. The summed E-state index contributed by atoms with van der Waals surface area (Å²) in [7, 11) is 0. The summed E-state index contributed by atoms with van der Waals surface area (Å²) in [5.74, 6) is 0.390. The number of benzene rings is 1. The van der Waals surface area contributed by atoms with Crippen LogP contribution < -0.4 is 5.32 Å². The van der Waals surface area contributed by atoms with Crippen LogP contribution in [0.15, 0.2) is 24.3 Å². The molecule has 5 nitrogen and oxygen atoms in total. The molecule has 5 heteroatoms. The van der Waals surface area contributed by atoms with Crippen molar-refractivity contribution in [2.45, 2.75) is 64.7 Å². The number of hydrogen-bond donors (Lipinski definition) is 1. The van der Waals surface area contributed by atoms with E-state index < -0.39 is 0 Å². The Labute approximate surface area is 156 Å². The second-order valence-electron chi connectivity index (χ2n) is 7.72. The summed E-state index contributed by atoms with van der Waals surface area (Å²) < 4.78 is 5.69. The monoisotopic (exact) mass is 358 g/mol. The summed E-state index contributed by atoms with van der Waals surface area (Å²) in [6.07, 6.45) is 5.72. The molecule has 1 aliphatic heterocycles. The molecule has 1 aromatic rings. The largest absolute Gasteiger partial charge is 0.372 e. The molecule has 2 fully saturated rings. The number of hydrogen-bond acceptors (Lipinski definition) is 3. The van der Waals surface area contributed by atoms with Crippen molar-refractivity contribution in [2.75, 3.05) is 13.1 Å². The molecule has 142 valence electrons. The second kappa shape index (κ2) is 8.67. The average Bonchev–Trinajstić information content (AvgIpc) is 2.66. The topological polar surface area (TPSA) is 58.6 Å². The standard InChI is InChI=1S/C21H30N2O3/c1-15-13-23(14-16(2)26-15)21(25)19-10-8-17(9-11-19)12-22-20(24)18-6-4-3-5-7-18/h8-11,15-16,18H,3-7,12-14H2,1-2H3,(H,22,24). The number of ether oxygens (including phenoxy) is 1. The van der Waals surface area contributed by atoms with Gasteiger partial charge in [0.25, 0.3) is 5.91 Å². The van der Waals surface area contributed by atoms with Crippen LogP contribution in [0.25, 0.3) is 0 Å². The third-order valence-electron chi connectivity index (χ3n) is 5.35. The Morgan fingerprint density at radius 3 is 2.27 bits per heavy atom. The van der Waals surface area contributed by atoms with E-state index >= 15 is 0 Å². The number of carbonyl (C=O) groups is 2. The van der Waals surface area contributed by atoms with Crippen LogP contribution in [0.4, 0.5) is 0 Å². The van der Waals surface area contributed by atoms with E-state index in [2.05, 4.69) is 5.32 Å². The number of nitrogens with one attached hydrogen (secondary N) is 1. The predicted molar refractivity (Wildman–Crippen MR) is 101 cm³/mol. The van der Waals surface area contributed by atoms with Gasteiger partial charge in [0.15, 0.2) is 0 Å². The van der Waals surface area contributed by atoms with Gasteiger partial charge in [0.05, 0.1) is 12.2 Å². The molecule has 0 bridgehead atoms. The summed E-state index contributed by atoms with van der Waals surface area (Å²) in [6, 6.07) is 7.58. The molecule has 0 radical (unpaired) electrons. The molecule has 1 heterocycles. The normalized spacial score (nSPS) is 24.3. The van der Waals surface area contributed by atoms with Gasteiger partial charge in [-0.25, -0.2) is 0 Å². The first kappa shape index (κ1) is 18.9. The van der Waals surface area contributed by atoms with Gasteiger partial charge < -0.3 is 15.0 Å². The van der Waals surface area contributed by atoms with Gasteiger partial charge in [-0.05, 0) is 44.4 Å². The van der Waals surface area contributed by atoms with Gasteiger partial charge in [0, 0.05) is 31.1 Å². The lowest BCUT2D eigenvalue weighted by Gasteiger charge is -2.35. The van der Waals surface area contributed by atoms with Gasteiger partial charge in [-0.15, -0.1) is 0 Å². The highest BCUT2D eigenvalue weighted by Gasteiger charge is 2.26. The molecular weight excluding hydrogens is 328 g/mol. The lowest BCUT2D eigenvalue weighted by molar-refractivity contribution is -0.126. The Bertz CT molecular complexity index is 613. The average molecular weight is 358 g/mol. The lowest BCUT2D eigenvalue weighted by atomic mass is 9.88. The SMILES string of the molecule is CC1CN(C(=O)c2ccc(CNC(=O)C3CCCCC3)cc2)CC(C)O1. The molecule has 0 spiro atoms. The van der Waals surface area contributed by atoms with E-state index in [4.69, 9.17) is 4.74 Å². The first-order valence-electron chi connectivity index (χ1n) is 9.84. The van der Waals surface area contributed by atoms with Crippen molar-refractivity contribution in [2.24, 2.45) is 5.92 Å². The molecule has 2 unspecified atom stereocenters. The van der Waals surface area contributed by atoms with Crippen molar-refractivity contribution < 1.29 is 14.3 Å². The summed E-state index contributed by atoms with van der Waals surface area (Å²) in [5.41, 5.74) is 1.71. The van der Waals surface area contributed by atoms with Crippen molar-refractivity contribution in [3.8, 4) is 0 Å². The van der Waals surface area contributed by atoms with Crippen LogP contribution in [0, 0.1) is 5.92 Å².